The summed E-state index contributed by atoms with van der Waals surface area (Å²) in [5, 5.41) is 8.86. The molecule has 1 heterocycles. The Labute approximate surface area is 134 Å². The molecule has 0 saturated carbocycles. The van der Waals surface area contributed by atoms with Crippen LogP contribution >= 0.6 is 11.8 Å². The highest BCUT2D eigenvalue weighted by Crippen LogP contribution is 2.30. The summed E-state index contributed by atoms with van der Waals surface area (Å²) < 4.78 is 27.2. The van der Waals surface area contributed by atoms with Gasteiger partial charge in [-0.15, -0.1) is 11.8 Å². The van der Waals surface area contributed by atoms with Crippen LogP contribution in [-0.2, 0) is 0 Å². The lowest BCUT2D eigenvalue weighted by molar-refractivity contribution is 0.591. The third-order valence-electron chi connectivity index (χ3n) is 3.46. The molecule has 0 aliphatic carbocycles. The quantitative estimate of drug-likeness (QED) is 0.722. The zero-order valence-electron chi connectivity index (χ0n) is 12.0. The maximum Gasteiger partial charge on any atom is 0.192 e. The van der Waals surface area contributed by atoms with E-state index < -0.39 is 17.1 Å². The fourth-order valence-corrected chi connectivity index (χ4v) is 3.03. The molecule has 0 aliphatic heterocycles. The van der Waals surface area contributed by atoms with Crippen molar-refractivity contribution in [1.29, 1.82) is 5.26 Å². The van der Waals surface area contributed by atoms with Crippen molar-refractivity contribution in [3.63, 3.8) is 0 Å². The Morgan fingerprint density at radius 3 is 2.65 bits per heavy atom. The van der Waals surface area contributed by atoms with Crippen LogP contribution in [0.4, 0.5) is 8.78 Å². The van der Waals surface area contributed by atoms with Gasteiger partial charge in [0.25, 0.3) is 0 Å². The first-order valence-electron chi connectivity index (χ1n) is 6.64. The van der Waals surface area contributed by atoms with Crippen LogP contribution in [0, 0.1) is 23.0 Å². The highest BCUT2D eigenvalue weighted by molar-refractivity contribution is 7.98. The number of pyridine rings is 1. The topological polar surface area (TPSA) is 56.6 Å². The number of aromatic amines is 1. The van der Waals surface area contributed by atoms with Crippen LogP contribution < -0.4 is 5.43 Å². The first-order chi connectivity index (χ1) is 11.0. The SMILES string of the molecule is CSc1ccc(C#N)cc1-c1cc(=O)c2c(F)cc(F)cc2[nH]1. The fourth-order valence-electron chi connectivity index (χ4n) is 2.44. The molecule has 0 fully saturated rings. The van der Waals surface area contributed by atoms with E-state index in [0.717, 1.165) is 11.0 Å². The second kappa shape index (κ2) is 5.86. The minimum atomic E-state index is -0.899. The molecule has 0 atom stereocenters. The van der Waals surface area contributed by atoms with Gasteiger partial charge in [-0.1, -0.05) is 0 Å². The van der Waals surface area contributed by atoms with Crippen LogP contribution in [0.2, 0.25) is 0 Å². The average molecular weight is 328 g/mol. The van der Waals surface area contributed by atoms with E-state index in [1.807, 2.05) is 12.3 Å². The zero-order valence-corrected chi connectivity index (χ0v) is 12.8. The number of nitrogens with one attached hydrogen (secondary N) is 1. The predicted octanol–water partition coefficient (Wildman–Crippen LogP) is 4.07. The molecule has 3 aromatic rings. The Hall–Kier alpha value is -2.65. The maximum absolute atomic E-state index is 13.8. The minimum absolute atomic E-state index is 0.0828. The lowest BCUT2D eigenvalue weighted by Crippen LogP contribution is -2.06. The minimum Gasteiger partial charge on any atom is -0.354 e. The standard InChI is InChI=1S/C17H10F2N2OS/c1-23-16-3-2-9(8-20)4-11(16)13-7-15(22)17-12(19)5-10(18)6-14(17)21-13/h2-7H,1H3,(H,21,22). The van der Waals surface area contributed by atoms with Gasteiger partial charge in [-0.25, -0.2) is 8.78 Å². The van der Waals surface area contributed by atoms with Crippen LogP contribution in [0.25, 0.3) is 22.2 Å². The number of hydrogen-bond acceptors (Lipinski definition) is 3. The number of halogens is 2. The zero-order chi connectivity index (χ0) is 16.6. The number of rotatable bonds is 2. The molecule has 0 saturated heterocycles. The van der Waals surface area contributed by atoms with Crippen molar-refractivity contribution in [1.82, 2.24) is 4.98 Å². The molecular weight excluding hydrogens is 318 g/mol. The van der Waals surface area contributed by atoms with E-state index in [1.165, 1.54) is 17.8 Å². The van der Waals surface area contributed by atoms with E-state index in [1.54, 1.807) is 18.2 Å². The number of benzene rings is 2. The Bertz CT molecular complexity index is 1020. The van der Waals surface area contributed by atoms with Gasteiger partial charge in [-0.05, 0) is 30.5 Å². The van der Waals surface area contributed by atoms with Gasteiger partial charge < -0.3 is 4.98 Å². The molecule has 6 heteroatoms. The van der Waals surface area contributed by atoms with Crippen LogP contribution in [-0.4, -0.2) is 11.2 Å². The largest absolute Gasteiger partial charge is 0.354 e. The van der Waals surface area contributed by atoms with Crippen molar-refractivity contribution in [2.75, 3.05) is 6.26 Å². The molecule has 0 radical (unpaired) electrons. The molecule has 114 valence electrons. The highest BCUT2D eigenvalue weighted by Gasteiger charge is 2.13. The third kappa shape index (κ3) is 2.71. The summed E-state index contributed by atoms with van der Waals surface area (Å²) in [6, 6.07) is 10.1. The van der Waals surface area contributed by atoms with Crippen LogP contribution in [0.3, 0.4) is 0 Å². The van der Waals surface area contributed by atoms with Crippen molar-refractivity contribution in [2.24, 2.45) is 0 Å². The number of fused-ring (bicyclic) bond motifs is 1. The molecule has 0 amide bonds. The summed E-state index contributed by atoms with van der Waals surface area (Å²) in [7, 11) is 0. The molecule has 3 nitrogen and oxygen atoms in total. The first-order valence-corrected chi connectivity index (χ1v) is 7.86. The number of H-pyrrole nitrogens is 1. The van der Waals surface area contributed by atoms with Gasteiger partial charge in [0.05, 0.1) is 28.2 Å². The predicted molar refractivity (Wildman–Crippen MR) is 86.4 cm³/mol. The Morgan fingerprint density at radius 1 is 1.17 bits per heavy atom. The first kappa shape index (κ1) is 15.3. The van der Waals surface area contributed by atoms with Gasteiger partial charge in [0.1, 0.15) is 11.6 Å². The molecule has 1 N–H and O–H groups in total. The van der Waals surface area contributed by atoms with Crippen LogP contribution in [0.5, 0.6) is 0 Å². The number of hydrogen-bond donors (Lipinski definition) is 1. The number of nitrogens with zero attached hydrogens (tertiary/aromatic N) is 1. The van der Waals surface area contributed by atoms with Gasteiger partial charge in [0, 0.05) is 22.6 Å². The van der Waals surface area contributed by atoms with Crippen molar-refractivity contribution in [2.45, 2.75) is 4.90 Å². The second-order valence-corrected chi connectivity index (χ2v) is 5.73. The third-order valence-corrected chi connectivity index (χ3v) is 4.26. The van der Waals surface area contributed by atoms with Crippen molar-refractivity contribution >= 4 is 22.7 Å². The summed E-state index contributed by atoms with van der Waals surface area (Å²) in [6.07, 6.45) is 1.86. The molecular formula is C17H10F2N2OS. The van der Waals surface area contributed by atoms with Gasteiger partial charge >= 0.3 is 0 Å². The van der Waals surface area contributed by atoms with E-state index in [9.17, 15) is 13.6 Å². The Balaban J connectivity index is 2.34. The second-order valence-electron chi connectivity index (χ2n) is 4.88. The maximum atomic E-state index is 13.8. The average Bonchev–Trinajstić information content (AvgIpc) is 2.53. The monoisotopic (exact) mass is 328 g/mol. The summed E-state index contributed by atoms with van der Waals surface area (Å²) in [4.78, 5) is 15.9. The van der Waals surface area contributed by atoms with Gasteiger partial charge in [-0.2, -0.15) is 5.26 Å². The summed E-state index contributed by atoms with van der Waals surface area (Å²) in [5.41, 5.74) is 1.03. The van der Waals surface area contributed by atoms with E-state index in [0.29, 0.717) is 22.9 Å². The Kier molecular flexibility index (Phi) is 3.89. The molecule has 0 bridgehead atoms. The lowest BCUT2D eigenvalue weighted by Gasteiger charge is -2.10. The molecule has 0 unspecified atom stereocenters. The normalized spacial score (nSPS) is 10.7. The van der Waals surface area contributed by atoms with E-state index in [2.05, 4.69) is 4.98 Å². The van der Waals surface area contributed by atoms with Gasteiger partial charge in [-0.3, -0.25) is 4.79 Å². The number of thioether (sulfide) groups is 1. The molecule has 0 spiro atoms. The lowest BCUT2D eigenvalue weighted by atomic mass is 10.1. The molecule has 23 heavy (non-hydrogen) atoms. The summed E-state index contributed by atoms with van der Waals surface area (Å²) in [6.45, 7) is 0. The van der Waals surface area contributed by atoms with E-state index in [4.69, 9.17) is 5.26 Å². The molecule has 1 aromatic heterocycles. The fraction of sp³-hybridized carbons (Fsp3) is 0.0588. The molecule has 3 rings (SSSR count). The van der Waals surface area contributed by atoms with Gasteiger partial charge in [0.15, 0.2) is 5.43 Å². The number of aromatic nitrogens is 1. The number of nitriles is 1. The smallest absolute Gasteiger partial charge is 0.192 e. The molecule has 2 aromatic carbocycles. The van der Waals surface area contributed by atoms with Crippen molar-refractivity contribution in [3.8, 4) is 17.3 Å². The molecule has 0 aliphatic rings. The summed E-state index contributed by atoms with van der Waals surface area (Å²) >= 11 is 1.45. The van der Waals surface area contributed by atoms with E-state index in [-0.39, 0.29) is 10.9 Å². The van der Waals surface area contributed by atoms with Gasteiger partial charge in [0.2, 0.25) is 0 Å². The van der Waals surface area contributed by atoms with Crippen LogP contribution in [0.15, 0.2) is 46.1 Å². The van der Waals surface area contributed by atoms with Crippen LogP contribution in [0.1, 0.15) is 5.56 Å². The Morgan fingerprint density at radius 2 is 1.96 bits per heavy atom. The van der Waals surface area contributed by atoms with E-state index >= 15 is 0 Å². The van der Waals surface area contributed by atoms with Crippen molar-refractivity contribution < 1.29 is 8.78 Å². The highest BCUT2D eigenvalue weighted by atomic mass is 32.2. The summed E-state index contributed by atoms with van der Waals surface area (Å²) in [5.74, 6) is -1.66. The van der Waals surface area contributed by atoms with Crippen molar-refractivity contribution in [3.05, 3.63) is 63.8 Å².